The first-order valence-corrected chi connectivity index (χ1v) is 8.19. The summed E-state index contributed by atoms with van der Waals surface area (Å²) in [6.07, 6.45) is -6.51. The molecule has 0 amide bonds. The zero-order valence-corrected chi connectivity index (χ0v) is 14.0. The van der Waals surface area contributed by atoms with Crippen molar-refractivity contribution < 1.29 is 31.4 Å². The van der Waals surface area contributed by atoms with Gasteiger partial charge in [0.25, 0.3) is 0 Å². The van der Waals surface area contributed by atoms with E-state index in [9.17, 15) is 31.4 Å². The smallest absolute Gasteiger partial charge is 0.380 e. The van der Waals surface area contributed by atoms with Gasteiger partial charge in [0.15, 0.2) is 5.60 Å². The molecule has 1 aromatic carbocycles. The fourth-order valence-electron chi connectivity index (χ4n) is 3.09. The molecule has 0 radical (unpaired) electrons. The minimum atomic E-state index is -4.60. The standard InChI is InChI=1S/C17H17F6N3O/c18-16(19,20)13-1-3-14(4-2-13)26-10-12(9-25-26)8-24-7-11-5-15(27,6-11)17(21,22)23/h1-4,9-11,24,27H,5-8H2. The molecule has 0 aliphatic heterocycles. The van der Waals surface area contributed by atoms with Crippen LogP contribution in [0, 0.1) is 5.92 Å². The molecule has 27 heavy (non-hydrogen) atoms. The summed E-state index contributed by atoms with van der Waals surface area (Å²) in [5.41, 5.74) is -2.13. The Labute approximate surface area is 150 Å². The highest BCUT2D eigenvalue weighted by Gasteiger charge is 2.60. The van der Waals surface area contributed by atoms with E-state index in [1.165, 1.54) is 23.0 Å². The van der Waals surface area contributed by atoms with Crippen LogP contribution in [-0.2, 0) is 12.7 Å². The third-order valence-electron chi connectivity index (χ3n) is 4.64. The normalized spacial score (nSPS) is 23.3. The van der Waals surface area contributed by atoms with Crippen molar-refractivity contribution in [3.8, 4) is 5.69 Å². The second kappa shape index (κ2) is 6.83. The fraction of sp³-hybridized carbons (Fsp3) is 0.471. The molecule has 1 aromatic heterocycles. The highest BCUT2D eigenvalue weighted by molar-refractivity contribution is 5.35. The lowest BCUT2D eigenvalue weighted by molar-refractivity contribution is -0.298. The highest BCUT2D eigenvalue weighted by Crippen LogP contribution is 2.48. The van der Waals surface area contributed by atoms with Gasteiger partial charge >= 0.3 is 12.4 Å². The number of alkyl halides is 6. The average molecular weight is 393 g/mol. The Hall–Kier alpha value is -2.07. The number of aliphatic hydroxyl groups is 1. The van der Waals surface area contributed by atoms with Crippen LogP contribution in [0.2, 0.25) is 0 Å². The fourth-order valence-corrected chi connectivity index (χ4v) is 3.09. The van der Waals surface area contributed by atoms with Crippen molar-refractivity contribution in [3.63, 3.8) is 0 Å². The summed E-state index contributed by atoms with van der Waals surface area (Å²) < 4.78 is 76.8. The first-order chi connectivity index (χ1) is 12.5. The van der Waals surface area contributed by atoms with Gasteiger partial charge in [-0.1, -0.05) is 0 Å². The van der Waals surface area contributed by atoms with Gasteiger partial charge in [0, 0.05) is 18.3 Å². The summed E-state index contributed by atoms with van der Waals surface area (Å²) in [5, 5.41) is 16.5. The van der Waals surface area contributed by atoms with E-state index in [4.69, 9.17) is 0 Å². The van der Waals surface area contributed by atoms with Crippen molar-refractivity contribution in [2.24, 2.45) is 5.92 Å². The highest BCUT2D eigenvalue weighted by atomic mass is 19.4. The van der Waals surface area contributed by atoms with Gasteiger partial charge in [-0.3, -0.25) is 0 Å². The SMILES string of the molecule is OC1(C(F)(F)F)CC(CNCc2cnn(-c3ccc(C(F)(F)F)cc3)c2)C1. The molecule has 2 aromatic rings. The maximum atomic E-state index is 12.6. The summed E-state index contributed by atoms with van der Waals surface area (Å²) in [7, 11) is 0. The predicted molar refractivity (Wildman–Crippen MR) is 84.0 cm³/mol. The number of nitrogens with one attached hydrogen (secondary N) is 1. The van der Waals surface area contributed by atoms with Crippen LogP contribution in [0.4, 0.5) is 26.3 Å². The molecular weight excluding hydrogens is 376 g/mol. The van der Waals surface area contributed by atoms with Crippen LogP contribution in [0.15, 0.2) is 36.7 Å². The van der Waals surface area contributed by atoms with E-state index < -0.39 is 23.5 Å². The van der Waals surface area contributed by atoms with Gasteiger partial charge in [0.1, 0.15) is 0 Å². The zero-order chi connectivity index (χ0) is 19.9. The summed E-state index contributed by atoms with van der Waals surface area (Å²) in [6.45, 7) is 0.672. The molecule has 4 nitrogen and oxygen atoms in total. The second-order valence-corrected chi connectivity index (χ2v) is 6.77. The maximum Gasteiger partial charge on any atom is 0.417 e. The Bertz CT molecular complexity index is 775. The average Bonchev–Trinajstić information content (AvgIpc) is 3.00. The van der Waals surface area contributed by atoms with Crippen LogP contribution >= 0.6 is 0 Å². The van der Waals surface area contributed by atoms with Crippen LogP contribution in [0.3, 0.4) is 0 Å². The Morgan fingerprint density at radius 3 is 2.30 bits per heavy atom. The quantitative estimate of drug-likeness (QED) is 0.762. The van der Waals surface area contributed by atoms with E-state index in [0.29, 0.717) is 18.8 Å². The molecule has 1 aliphatic rings. The summed E-state index contributed by atoms with van der Waals surface area (Å²) in [6, 6.07) is 4.54. The van der Waals surface area contributed by atoms with E-state index in [1.807, 2.05) is 0 Å². The van der Waals surface area contributed by atoms with Crippen molar-refractivity contribution >= 4 is 0 Å². The molecule has 3 rings (SSSR count). The molecule has 148 valence electrons. The third-order valence-corrected chi connectivity index (χ3v) is 4.64. The lowest BCUT2D eigenvalue weighted by atomic mass is 9.70. The molecule has 0 unspecified atom stereocenters. The van der Waals surface area contributed by atoms with Crippen LogP contribution in [0.25, 0.3) is 5.69 Å². The summed E-state index contributed by atoms with van der Waals surface area (Å²) in [5.74, 6) is -0.262. The number of benzene rings is 1. The van der Waals surface area contributed by atoms with Gasteiger partial charge < -0.3 is 10.4 Å². The number of halogens is 6. The van der Waals surface area contributed by atoms with Crippen LogP contribution in [-0.4, -0.2) is 33.2 Å². The first kappa shape index (κ1) is 19.7. The van der Waals surface area contributed by atoms with Gasteiger partial charge in [0.2, 0.25) is 0 Å². The topological polar surface area (TPSA) is 50.1 Å². The Balaban J connectivity index is 1.49. The van der Waals surface area contributed by atoms with E-state index in [0.717, 1.165) is 17.7 Å². The molecule has 1 fully saturated rings. The Morgan fingerprint density at radius 1 is 1.11 bits per heavy atom. The zero-order valence-electron chi connectivity index (χ0n) is 14.0. The maximum absolute atomic E-state index is 12.6. The molecule has 2 N–H and O–H groups in total. The monoisotopic (exact) mass is 393 g/mol. The predicted octanol–water partition coefficient (Wildman–Crippen LogP) is 3.68. The first-order valence-electron chi connectivity index (χ1n) is 8.19. The molecule has 1 saturated carbocycles. The number of hydrogen-bond donors (Lipinski definition) is 2. The van der Waals surface area contributed by atoms with Crippen molar-refractivity contribution in [3.05, 3.63) is 47.8 Å². The van der Waals surface area contributed by atoms with E-state index in [-0.39, 0.29) is 18.8 Å². The van der Waals surface area contributed by atoms with Crippen molar-refractivity contribution in [1.82, 2.24) is 15.1 Å². The number of hydrogen-bond acceptors (Lipinski definition) is 3. The lowest BCUT2D eigenvalue weighted by Crippen LogP contribution is -2.57. The Morgan fingerprint density at radius 2 is 1.74 bits per heavy atom. The van der Waals surface area contributed by atoms with Crippen LogP contribution < -0.4 is 5.32 Å². The van der Waals surface area contributed by atoms with E-state index in [1.54, 1.807) is 6.20 Å². The Kier molecular flexibility index (Phi) is 4.98. The number of aromatic nitrogens is 2. The minimum absolute atomic E-state index is 0.262. The van der Waals surface area contributed by atoms with Gasteiger partial charge in [-0.05, 0) is 49.6 Å². The second-order valence-electron chi connectivity index (χ2n) is 6.77. The molecule has 1 aliphatic carbocycles. The van der Waals surface area contributed by atoms with Gasteiger partial charge in [-0.2, -0.15) is 31.4 Å². The molecule has 0 spiro atoms. The van der Waals surface area contributed by atoms with Crippen molar-refractivity contribution in [1.29, 1.82) is 0 Å². The van der Waals surface area contributed by atoms with E-state index >= 15 is 0 Å². The van der Waals surface area contributed by atoms with Gasteiger partial charge in [0.05, 0.1) is 17.4 Å². The molecular formula is C17H17F6N3O. The van der Waals surface area contributed by atoms with Crippen LogP contribution in [0.1, 0.15) is 24.0 Å². The third kappa shape index (κ3) is 4.27. The lowest BCUT2D eigenvalue weighted by Gasteiger charge is -2.44. The number of nitrogens with zero attached hydrogens (tertiary/aromatic N) is 2. The number of rotatable bonds is 5. The minimum Gasteiger partial charge on any atom is -0.380 e. The van der Waals surface area contributed by atoms with Gasteiger partial charge in [-0.15, -0.1) is 0 Å². The van der Waals surface area contributed by atoms with Gasteiger partial charge in [-0.25, -0.2) is 4.68 Å². The van der Waals surface area contributed by atoms with Crippen LogP contribution in [0.5, 0.6) is 0 Å². The molecule has 10 heteroatoms. The van der Waals surface area contributed by atoms with Crippen molar-refractivity contribution in [2.45, 2.75) is 37.3 Å². The van der Waals surface area contributed by atoms with E-state index in [2.05, 4.69) is 10.4 Å². The molecule has 0 saturated heterocycles. The largest absolute Gasteiger partial charge is 0.417 e. The molecule has 0 bridgehead atoms. The summed E-state index contributed by atoms with van der Waals surface area (Å²) in [4.78, 5) is 0. The molecule has 1 heterocycles. The van der Waals surface area contributed by atoms with Crippen molar-refractivity contribution in [2.75, 3.05) is 6.54 Å². The summed E-state index contributed by atoms with van der Waals surface area (Å²) >= 11 is 0. The molecule has 0 atom stereocenters.